The van der Waals surface area contributed by atoms with Crippen molar-refractivity contribution in [1.82, 2.24) is 14.7 Å². The second-order valence-corrected chi connectivity index (χ2v) is 11.7. The number of methoxy groups -OCH3 is 1. The Bertz CT molecular complexity index is 1260. The lowest BCUT2D eigenvalue weighted by molar-refractivity contribution is -0.0366. The molecule has 3 heterocycles. The van der Waals surface area contributed by atoms with E-state index in [1.54, 1.807) is 13.2 Å². The molecular formula is C28H34BrF2N3O2. The molecule has 1 saturated heterocycles. The summed E-state index contributed by atoms with van der Waals surface area (Å²) in [5.41, 5.74) is 3.31. The second-order valence-electron chi connectivity index (χ2n) is 10.8. The van der Waals surface area contributed by atoms with Crippen LogP contribution in [0.3, 0.4) is 0 Å². The highest BCUT2D eigenvalue weighted by molar-refractivity contribution is 9.10. The predicted octanol–water partition coefficient (Wildman–Crippen LogP) is 6.98. The van der Waals surface area contributed by atoms with Gasteiger partial charge in [-0.25, -0.2) is 9.07 Å². The highest BCUT2D eigenvalue weighted by Crippen LogP contribution is 2.48. The molecule has 0 spiro atoms. The van der Waals surface area contributed by atoms with Gasteiger partial charge in [0.2, 0.25) is 0 Å². The fourth-order valence-corrected chi connectivity index (χ4v) is 6.30. The fourth-order valence-electron chi connectivity index (χ4n) is 5.89. The number of ether oxygens (including phenoxy) is 2. The van der Waals surface area contributed by atoms with Gasteiger partial charge in [-0.05, 0) is 74.8 Å². The van der Waals surface area contributed by atoms with Crippen molar-refractivity contribution in [3.05, 3.63) is 57.4 Å². The van der Waals surface area contributed by atoms with Crippen molar-refractivity contribution in [3.8, 4) is 5.75 Å². The van der Waals surface area contributed by atoms with E-state index >= 15 is 4.39 Å². The molecule has 0 radical (unpaired) electrons. The number of hydrogen-bond donors (Lipinski definition) is 0. The predicted molar refractivity (Wildman–Crippen MR) is 141 cm³/mol. The van der Waals surface area contributed by atoms with Crippen LogP contribution in [0.1, 0.15) is 69.0 Å². The van der Waals surface area contributed by atoms with Crippen molar-refractivity contribution in [3.63, 3.8) is 0 Å². The second kappa shape index (κ2) is 10.0. The quantitative estimate of drug-likeness (QED) is 0.325. The Labute approximate surface area is 219 Å². The molecule has 194 valence electrons. The number of halogens is 3. The number of fused-ring (bicyclic) bond motifs is 3. The average Bonchev–Trinajstić information content (AvgIpc) is 3.29. The third-order valence-corrected chi connectivity index (χ3v) is 8.13. The van der Waals surface area contributed by atoms with Crippen LogP contribution in [0.2, 0.25) is 0 Å². The highest BCUT2D eigenvalue weighted by Gasteiger charge is 2.44. The Morgan fingerprint density at radius 2 is 2.08 bits per heavy atom. The Morgan fingerprint density at radius 3 is 2.78 bits per heavy atom. The van der Waals surface area contributed by atoms with Crippen molar-refractivity contribution in [1.29, 1.82) is 0 Å². The Hall–Kier alpha value is -2.03. The van der Waals surface area contributed by atoms with Crippen LogP contribution in [-0.4, -0.2) is 47.2 Å². The van der Waals surface area contributed by atoms with Crippen LogP contribution in [0.4, 0.5) is 8.78 Å². The molecule has 5 nitrogen and oxygen atoms in total. The molecule has 8 heteroatoms. The standard InChI is InChI=1S/C28H34BrF2N3O2/c1-17(14-30)16-33-27(26-22(31)11-18(29)12-24(26)35-4)19-8-9-23-21(20(19)13-28(33,2)3)15-32-34(23)25-7-5-6-10-36-25/h8-9,11-12,15,17,25,27H,5-7,10,13-14,16H2,1-4H3/t17-,25?,27?/m1/s1. The molecule has 2 aliphatic heterocycles. The van der Waals surface area contributed by atoms with Crippen LogP contribution >= 0.6 is 15.9 Å². The van der Waals surface area contributed by atoms with Gasteiger partial charge in [-0.2, -0.15) is 5.10 Å². The summed E-state index contributed by atoms with van der Waals surface area (Å²) < 4.78 is 43.8. The summed E-state index contributed by atoms with van der Waals surface area (Å²) >= 11 is 3.40. The molecule has 3 atom stereocenters. The summed E-state index contributed by atoms with van der Waals surface area (Å²) in [5, 5.41) is 5.80. The summed E-state index contributed by atoms with van der Waals surface area (Å²) in [6, 6.07) is 7.01. The van der Waals surface area contributed by atoms with Crippen LogP contribution in [0.25, 0.3) is 10.9 Å². The van der Waals surface area contributed by atoms with Gasteiger partial charge in [-0.15, -0.1) is 0 Å². The van der Waals surface area contributed by atoms with Crippen LogP contribution in [-0.2, 0) is 11.2 Å². The average molecular weight is 562 g/mol. The Morgan fingerprint density at radius 1 is 1.28 bits per heavy atom. The lowest BCUT2D eigenvalue weighted by atomic mass is 9.77. The number of nitrogens with zero attached hydrogens (tertiary/aromatic N) is 3. The number of aromatic nitrogens is 2. The zero-order valence-corrected chi connectivity index (χ0v) is 22.9. The maximum absolute atomic E-state index is 15.7. The van der Waals surface area contributed by atoms with Crippen LogP contribution < -0.4 is 4.74 Å². The first-order valence-electron chi connectivity index (χ1n) is 12.7. The lowest BCUT2D eigenvalue weighted by Gasteiger charge is -2.50. The van der Waals surface area contributed by atoms with Crippen molar-refractivity contribution in [2.45, 2.75) is 64.3 Å². The van der Waals surface area contributed by atoms with Gasteiger partial charge in [-0.1, -0.05) is 28.9 Å². The van der Waals surface area contributed by atoms with Gasteiger partial charge in [0, 0.05) is 28.5 Å². The van der Waals surface area contributed by atoms with Crippen LogP contribution in [0.15, 0.2) is 34.9 Å². The molecule has 36 heavy (non-hydrogen) atoms. The zero-order chi connectivity index (χ0) is 25.6. The Balaban J connectivity index is 1.72. The summed E-state index contributed by atoms with van der Waals surface area (Å²) in [6.45, 7) is 7.03. The number of rotatable bonds is 6. The van der Waals surface area contributed by atoms with Gasteiger partial charge in [0.25, 0.3) is 0 Å². The maximum Gasteiger partial charge on any atom is 0.150 e. The van der Waals surface area contributed by atoms with E-state index < -0.39 is 12.7 Å². The van der Waals surface area contributed by atoms with E-state index in [1.807, 2.05) is 17.8 Å². The minimum Gasteiger partial charge on any atom is -0.496 e. The van der Waals surface area contributed by atoms with Crippen LogP contribution in [0.5, 0.6) is 5.75 Å². The van der Waals surface area contributed by atoms with Crippen molar-refractivity contribution < 1.29 is 18.3 Å². The van der Waals surface area contributed by atoms with E-state index in [2.05, 4.69) is 46.8 Å². The molecule has 0 N–H and O–H groups in total. The fraction of sp³-hybridized carbons (Fsp3) is 0.536. The molecule has 0 aliphatic carbocycles. The Kier molecular flexibility index (Phi) is 7.13. The number of benzene rings is 2. The molecule has 0 saturated carbocycles. The first-order valence-corrected chi connectivity index (χ1v) is 13.5. The van der Waals surface area contributed by atoms with Crippen molar-refractivity contribution in [2.24, 2.45) is 5.92 Å². The molecule has 0 amide bonds. The molecule has 5 rings (SSSR count). The third-order valence-electron chi connectivity index (χ3n) is 7.67. The van der Waals surface area contributed by atoms with Gasteiger partial charge in [0.1, 0.15) is 11.6 Å². The molecule has 1 fully saturated rings. The molecule has 2 unspecified atom stereocenters. The number of hydrogen-bond acceptors (Lipinski definition) is 4. The van der Waals surface area contributed by atoms with E-state index in [1.165, 1.54) is 6.07 Å². The van der Waals surface area contributed by atoms with Gasteiger partial charge in [-0.3, -0.25) is 9.29 Å². The third kappa shape index (κ3) is 4.45. The van der Waals surface area contributed by atoms with Gasteiger partial charge >= 0.3 is 0 Å². The molecular weight excluding hydrogens is 528 g/mol. The molecule has 3 aromatic rings. The molecule has 1 aromatic heterocycles. The summed E-state index contributed by atoms with van der Waals surface area (Å²) in [4.78, 5) is 2.24. The van der Waals surface area contributed by atoms with Gasteiger partial charge in [0.05, 0.1) is 37.1 Å². The largest absolute Gasteiger partial charge is 0.496 e. The summed E-state index contributed by atoms with van der Waals surface area (Å²) in [5.74, 6) is -0.0632. The van der Waals surface area contributed by atoms with Gasteiger partial charge < -0.3 is 9.47 Å². The maximum atomic E-state index is 15.7. The topological polar surface area (TPSA) is 39.5 Å². The number of alkyl halides is 1. The SMILES string of the molecule is COc1cc(Br)cc(F)c1C1c2ccc3c(cnn3C3CCCCO3)c2CC(C)(C)N1C[C@H](C)CF. The van der Waals surface area contributed by atoms with E-state index in [4.69, 9.17) is 14.6 Å². The molecule has 2 aromatic carbocycles. The van der Waals surface area contributed by atoms with Crippen molar-refractivity contribution >= 4 is 26.8 Å². The minimum atomic E-state index is -0.431. The highest BCUT2D eigenvalue weighted by atomic mass is 79.9. The van der Waals surface area contributed by atoms with Crippen molar-refractivity contribution in [2.75, 3.05) is 26.9 Å². The molecule has 2 aliphatic rings. The lowest BCUT2D eigenvalue weighted by Crippen LogP contribution is -2.53. The summed E-state index contributed by atoms with van der Waals surface area (Å²) in [7, 11) is 1.56. The van der Waals surface area contributed by atoms with E-state index in [0.717, 1.165) is 54.3 Å². The van der Waals surface area contributed by atoms with Gasteiger partial charge in [0.15, 0.2) is 6.23 Å². The van der Waals surface area contributed by atoms with E-state index in [-0.39, 0.29) is 23.5 Å². The van der Waals surface area contributed by atoms with E-state index in [0.29, 0.717) is 22.3 Å². The van der Waals surface area contributed by atoms with Crippen LogP contribution in [0, 0.1) is 11.7 Å². The first-order chi connectivity index (χ1) is 17.2. The molecule has 0 bridgehead atoms. The smallest absolute Gasteiger partial charge is 0.150 e. The van der Waals surface area contributed by atoms with E-state index in [9.17, 15) is 4.39 Å². The monoisotopic (exact) mass is 561 g/mol. The zero-order valence-electron chi connectivity index (χ0n) is 21.4. The minimum absolute atomic E-state index is 0.0624. The normalized spacial score (nSPS) is 23.0. The first kappa shape index (κ1) is 25.6. The summed E-state index contributed by atoms with van der Waals surface area (Å²) in [6.07, 6.45) is 5.75.